The minimum Gasteiger partial charge on any atom is -0.403 e. The highest BCUT2D eigenvalue weighted by Crippen LogP contribution is 2.17. The van der Waals surface area contributed by atoms with Crippen molar-refractivity contribution in [2.75, 3.05) is 37.5 Å². The number of ether oxygens (including phenoxy) is 1. The van der Waals surface area contributed by atoms with Crippen molar-refractivity contribution < 1.29 is 9.53 Å². The van der Waals surface area contributed by atoms with Crippen LogP contribution in [0.4, 0.5) is 5.82 Å². The summed E-state index contributed by atoms with van der Waals surface area (Å²) in [6, 6.07) is 3.85. The molecule has 4 N–H and O–H groups in total. The Kier molecular flexibility index (Phi) is 5.79. The van der Waals surface area contributed by atoms with Crippen LogP contribution in [0.2, 0.25) is 0 Å². The molecule has 2 rings (SSSR count). The molecule has 2 heterocycles. The number of rotatable bonds is 4. The molecule has 1 aliphatic heterocycles. The fourth-order valence-corrected chi connectivity index (χ4v) is 2.55. The molecule has 0 radical (unpaired) electrons. The molecule has 118 valence electrons. The maximum Gasteiger partial charge on any atom is 0.268 e. The van der Waals surface area contributed by atoms with E-state index < -0.39 is 5.91 Å². The largest absolute Gasteiger partial charge is 0.403 e. The third-order valence-corrected chi connectivity index (χ3v) is 3.87. The monoisotopic (exact) mass is 321 g/mol. The number of primary amides is 1. The Labute approximate surface area is 133 Å². The lowest BCUT2D eigenvalue weighted by molar-refractivity contribution is -0.114. The number of nitrogens with zero attached hydrogens (tertiary/aromatic N) is 3. The van der Waals surface area contributed by atoms with E-state index in [1.165, 1.54) is 11.8 Å². The lowest BCUT2D eigenvalue weighted by Gasteiger charge is -2.27. The predicted octanol–water partition coefficient (Wildman–Crippen LogP) is 0.313. The Morgan fingerprint density at radius 1 is 1.45 bits per heavy atom. The van der Waals surface area contributed by atoms with Gasteiger partial charge >= 0.3 is 0 Å². The van der Waals surface area contributed by atoms with Crippen LogP contribution in [0, 0.1) is 0 Å². The number of amides is 1. The van der Waals surface area contributed by atoms with E-state index in [1.807, 2.05) is 18.4 Å². The lowest BCUT2D eigenvalue weighted by Crippen LogP contribution is -2.36. The molecule has 8 heteroatoms. The van der Waals surface area contributed by atoms with E-state index in [-0.39, 0.29) is 5.70 Å². The van der Waals surface area contributed by atoms with Crippen LogP contribution in [0.1, 0.15) is 5.56 Å². The van der Waals surface area contributed by atoms with Gasteiger partial charge in [-0.2, -0.15) is 0 Å². The van der Waals surface area contributed by atoms with E-state index in [2.05, 4.69) is 14.9 Å². The number of nitrogens with two attached hydrogens (primary N) is 2. The van der Waals surface area contributed by atoms with E-state index in [0.29, 0.717) is 18.3 Å². The Bertz CT molecular complexity index is 579. The van der Waals surface area contributed by atoms with Gasteiger partial charge < -0.3 is 21.1 Å². The van der Waals surface area contributed by atoms with Crippen LogP contribution in [0.3, 0.4) is 0 Å². The molecule has 0 atom stereocenters. The van der Waals surface area contributed by atoms with Gasteiger partial charge in [0.25, 0.3) is 5.91 Å². The third-order valence-electron chi connectivity index (χ3n) is 3.16. The molecule has 1 fully saturated rings. The summed E-state index contributed by atoms with van der Waals surface area (Å²) in [6.45, 7) is 3.09. The Morgan fingerprint density at radius 2 is 2.18 bits per heavy atom. The van der Waals surface area contributed by atoms with E-state index in [9.17, 15) is 4.79 Å². The third kappa shape index (κ3) is 3.99. The maximum atomic E-state index is 11.2. The fourth-order valence-electron chi connectivity index (χ4n) is 2.00. The molecule has 7 nitrogen and oxygen atoms in total. The van der Waals surface area contributed by atoms with Crippen LogP contribution in [-0.4, -0.2) is 48.5 Å². The van der Waals surface area contributed by atoms with E-state index in [1.54, 1.807) is 6.20 Å². The second kappa shape index (κ2) is 7.81. The summed E-state index contributed by atoms with van der Waals surface area (Å²) in [5, 5.41) is 0.636. The molecule has 0 saturated carbocycles. The molecule has 0 aromatic carbocycles. The van der Waals surface area contributed by atoms with Crippen molar-refractivity contribution in [1.82, 2.24) is 4.98 Å². The van der Waals surface area contributed by atoms with Gasteiger partial charge in [0.2, 0.25) is 0 Å². The molecule has 0 bridgehead atoms. The summed E-state index contributed by atoms with van der Waals surface area (Å²) >= 11 is 1.40. The minimum atomic E-state index is -0.660. The molecule has 1 amide bonds. The van der Waals surface area contributed by atoms with Gasteiger partial charge in [0.15, 0.2) is 0 Å². The molecule has 1 aromatic heterocycles. The van der Waals surface area contributed by atoms with Gasteiger partial charge in [-0.05, 0) is 18.4 Å². The molecule has 0 aliphatic carbocycles. The first-order chi connectivity index (χ1) is 10.7. The standard InChI is InChI=1S/C14H19N5O2S/c1-22-14(18-11(8-15)13(16)20)10-2-3-12(17-9-10)19-4-6-21-7-5-19/h2-3,8-9H,4-7,15H2,1H3,(H2,16,20)/b11-8+,18-14?. The summed E-state index contributed by atoms with van der Waals surface area (Å²) in [5.41, 5.74) is 11.4. The van der Waals surface area contributed by atoms with Crippen LogP contribution >= 0.6 is 11.8 Å². The van der Waals surface area contributed by atoms with Crippen LogP contribution in [0.5, 0.6) is 0 Å². The predicted molar refractivity (Wildman–Crippen MR) is 88.8 cm³/mol. The van der Waals surface area contributed by atoms with Gasteiger partial charge in [0, 0.05) is 31.0 Å². The molecule has 1 aromatic rings. The smallest absolute Gasteiger partial charge is 0.268 e. The Balaban J connectivity index is 2.20. The zero-order chi connectivity index (χ0) is 15.9. The number of hydrogen-bond donors (Lipinski definition) is 2. The van der Waals surface area contributed by atoms with E-state index in [0.717, 1.165) is 30.7 Å². The molecule has 1 aliphatic rings. The first-order valence-corrected chi connectivity index (χ1v) is 8.01. The maximum absolute atomic E-state index is 11.2. The molecule has 0 unspecified atom stereocenters. The van der Waals surface area contributed by atoms with Gasteiger partial charge in [-0.15, -0.1) is 11.8 Å². The Hall–Kier alpha value is -2.06. The van der Waals surface area contributed by atoms with Gasteiger partial charge in [0.05, 0.1) is 13.2 Å². The topological polar surface area (TPSA) is 107 Å². The highest BCUT2D eigenvalue weighted by molar-refractivity contribution is 8.13. The summed E-state index contributed by atoms with van der Waals surface area (Å²) in [4.78, 5) is 22.0. The van der Waals surface area contributed by atoms with Crippen molar-refractivity contribution in [3.8, 4) is 0 Å². The zero-order valence-electron chi connectivity index (χ0n) is 12.4. The minimum absolute atomic E-state index is 0.0293. The number of carbonyl (C=O) groups excluding carboxylic acids is 1. The van der Waals surface area contributed by atoms with Crippen molar-refractivity contribution in [1.29, 1.82) is 0 Å². The first-order valence-electron chi connectivity index (χ1n) is 6.79. The molecule has 22 heavy (non-hydrogen) atoms. The van der Waals surface area contributed by atoms with Crippen molar-refractivity contribution in [3.05, 3.63) is 35.8 Å². The highest BCUT2D eigenvalue weighted by Gasteiger charge is 2.13. The second-order valence-corrected chi connectivity index (χ2v) is 5.34. The quantitative estimate of drug-likeness (QED) is 0.470. The molecular weight excluding hydrogens is 302 g/mol. The van der Waals surface area contributed by atoms with E-state index in [4.69, 9.17) is 16.2 Å². The zero-order valence-corrected chi connectivity index (χ0v) is 13.2. The molecule has 0 spiro atoms. The van der Waals surface area contributed by atoms with Crippen molar-refractivity contribution >= 4 is 28.5 Å². The van der Waals surface area contributed by atoms with Gasteiger partial charge in [-0.3, -0.25) is 4.79 Å². The second-order valence-electron chi connectivity index (χ2n) is 4.54. The van der Waals surface area contributed by atoms with E-state index >= 15 is 0 Å². The fraction of sp³-hybridized carbons (Fsp3) is 0.357. The van der Waals surface area contributed by atoms with Crippen molar-refractivity contribution in [3.63, 3.8) is 0 Å². The number of pyridine rings is 1. The number of aromatic nitrogens is 1. The molecule has 1 saturated heterocycles. The van der Waals surface area contributed by atoms with Crippen LogP contribution in [0.15, 0.2) is 35.2 Å². The number of morpholine rings is 1. The Morgan fingerprint density at radius 3 is 2.68 bits per heavy atom. The van der Waals surface area contributed by atoms with Crippen LogP contribution in [-0.2, 0) is 9.53 Å². The first kappa shape index (κ1) is 16.3. The van der Waals surface area contributed by atoms with Gasteiger partial charge in [-0.25, -0.2) is 9.98 Å². The summed E-state index contributed by atoms with van der Waals surface area (Å²) < 4.78 is 5.33. The summed E-state index contributed by atoms with van der Waals surface area (Å²) in [6.07, 6.45) is 4.70. The number of thioether (sulfide) groups is 1. The number of hydrogen-bond acceptors (Lipinski definition) is 7. The SMILES string of the molecule is CSC(=N/C(=C/N)C(N)=O)c1ccc(N2CCOCC2)nc1. The normalized spacial score (nSPS) is 16.7. The van der Waals surface area contributed by atoms with Crippen molar-refractivity contribution in [2.45, 2.75) is 0 Å². The number of carbonyl (C=O) groups is 1. The van der Waals surface area contributed by atoms with Gasteiger partial charge in [0.1, 0.15) is 16.6 Å². The van der Waals surface area contributed by atoms with Crippen LogP contribution < -0.4 is 16.4 Å². The summed E-state index contributed by atoms with van der Waals surface area (Å²) in [7, 11) is 0. The lowest BCUT2D eigenvalue weighted by atomic mass is 10.3. The van der Waals surface area contributed by atoms with Crippen molar-refractivity contribution in [2.24, 2.45) is 16.5 Å². The van der Waals surface area contributed by atoms with Crippen LogP contribution in [0.25, 0.3) is 0 Å². The average Bonchev–Trinajstić information content (AvgIpc) is 2.57. The number of anilines is 1. The highest BCUT2D eigenvalue weighted by atomic mass is 32.2. The van der Waals surface area contributed by atoms with Gasteiger partial charge in [-0.1, -0.05) is 0 Å². The number of aliphatic imine (C=N–C) groups is 1. The molecular formula is C14H19N5O2S. The average molecular weight is 321 g/mol. The summed E-state index contributed by atoms with van der Waals surface area (Å²) in [5.74, 6) is 0.240.